The summed E-state index contributed by atoms with van der Waals surface area (Å²) in [4.78, 5) is 0. The van der Waals surface area contributed by atoms with Gasteiger partial charge in [0.05, 0.1) is 17.6 Å². The van der Waals surface area contributed by atoms with Crippen molar-refractivity contribution < 1.29 is 10.2 Å². The van der Waals surface area contributed by atoms with Gasteiger partial charge in [0.15, 0.2) is 0 Å². The van der Waals surface area contributed by atoms with Crippen molar-refractivity contribution in [2.24, 2.45) is 0 Å². The summed E-state index contributed by atoms with van der Waals surface area (Å²) in [6.07, 6.45) is 2.34. The fourth-order valence-electron chi connectivity index (χ4n) is 1.79. The number of aromatic hydroxyl groups is 2. The molecule has 0 saturated heterocycles. The van der Waals surface area contributed by atoms with E-state index in [2.05, 4.69) is 15.5 Å². The van der Waals surface area contributed by atoms with Crippen LogP contribution >= 0.6 is 0 Å². The molecule has 1 aromatic carbocycles. The van der Waals surface area contributed by atoms with E-state index in [4.69, 9.17) is 0 Å². The molecule has 0 aliphatic heterocycles. The van der Waals surface area contributed by atoms with Gasteiger partial charge in [0.1, 0.15) is 11.5 Å². The molecular weight excluding hydrogens is 218 g/mol. The van der Waals surface area contributed by atoms with E-state index in [1.54, 1.807) is 19.3 Å². The third-order valence-electron chi connectivity index (χ3n) is 2.76. The predicted molar refractivity (Wildman–Crippen MR) is 66.3 cm³/mol. The van der Waals surface area contributed by atoms with Crippen molar-refractivity contribution in [3.05, 3.63) is 23.9 Å². The van der Waals surface area contributed by atoms with Crippen LogP contribution in [0.15, 0.2) is 18.3 Å². The molecule has 90 valence electrons. The van der Waals surface area contributed by atoms with Crippen molar-refractivity contribution in [1.29, 1.82) is 0 Å². The Morgan fingerprint density at radius 1 is 1.29 bits per heavy atom. The van der Waals surface area contributed by atoms with E-state index >= 15 is 0 Å². The lowest BCUT2D eigenvalue weighted by atomic mass is 10.0. The summed E-state index contributed by atoms with van der Waals surface area (Å²) in [6.45, 7) is 1.95. The number of nitrogens with one attached hydrogen (secondary N) is 2. The van der Waals surface area contributed by atoms with Gasteiger partial charge in [-0.1, -0.05) is 6.92 Å². The third-order valence-corrected chi connectivity index (χ3v) is 2.76. The van der Waals surface area contributed by atoms with E-state index in [0.717, 1.165) is 11.3 Å². The molecule has 0 radical (unpaired) electrons. The SMILES string of the molecule is CCc1cc(-c2[nH]ncc2NC)c(O)cc1O. The Hall–Kier alpha value is -2.17. The Balaban J connectivity index is 2.59. The van der Waals surface area contributed by atoms with Crippen LogP contribution in [0.1, 0.15) is 12.5 Å². The number of aromatic nitrogens is 2. The molecule has 0 aliphatic rings. The molecule has 5 nitrogen and oxygen atoms in total. The highest BCUT2D eigenvalue weighted by atomic mass is 16.3. The molecule has 0 atom stereocenters. The first kappa shape index (κ1) is 11.3. The summed E-state index contributed by atoms with van der Waals surface area (Å²) >= 11 is 0. The van der Waals surface area contributed by atoms with Gasteiger partial charge >= 0.3 is 0 Å². The maximum atomic E-state index is 9.87. The topological polar surface area (TPSA) is 81.2 Å². The second kappa shape index (κ2) is 4.37. The van der Waals surface area contributed by atoms with Crippen LogP contribution in [0.3, 0.4) is 0 Å². The van der Waals surface area contributed by atoms with Gasteiger partial charge in [-0.15, -0.1) is 0 Å². The maximum absolute atomic E-state index is 9.87. The van der Waals surface area contributed by atoms with Crippen LogP contribution in [0, 0.1) is 0 Å². The molecule has 0 aliphatic carbocycles. The number of nitrogens with zero attached hydrogens (tertiary/aromatic N) is 1. The van der Waals surface area contributed by atoms with Gasteiger partial charge in [-0.25, -0.2) is 0 Å². The number of rotatable bonds is 3. The van der Waals surface area contributed by atoms with Crippen molar-refractivity contribution in [1.82, 2.24) is 10.2 Å². The zero-order valence-electron chi connectivity index (χ0n) is 9.78. The number of aryl methyl sites for hydroxylation is 1. The first-order chi connectivity index (χ1) is 8.17. The summed E-state index contributed by atoms with van der Waals surface area (Å²) in [5, 5.41) is 29.2. The lowest BCUT2D eigenvalue weighted by molar-refractivity contribution is 0.447. The highest BCUT2D eigenvalue weighted by Crippen LogP contribution is 2.37. The molecule has 0 amide bonds. The van der Waals surface area contributed by atoms with E-state index in [1.165, 1.54) is 6.07 Å². The first-order valence-electron chi connectivity index (χ1n) is 5.43. The van der Waals surface area contributed by atoms with Gasteiger partial charge in [-0.05, 0) is 18.1 Å². The summed E-state index contributed by atoms with van der Waals surface area (Å²) in [7, 11) is 1.78. The quantitative estimate of drug-likeness (QED) is 0.654. The van der Waals surface area contributed by atoms with Crippen molar-refractivity contribution in [3.63, 3.8) is 0 Å². The zero-order chi connectivity index (χ0) is 12.4. The number of hydrogen-bond donors (Lipinski definition) is 4. The van der Waals surface area contributed by atoms with Crippen LogP contribution in [0.4, 0.5) is 5.69 Å². The largest absolute Gasteiger partial charge is 0.508 e. The smallest absolute Gasteiger partial charge is 0.128 e. The Morgan fingerprint density at radius 2 is 2.06 bits per heavy atom. The average molecular weight is 233 g/mol. The Labute approximate surface area is 99.1 Å². The fourth-order valence-corrected chi connectivity index (χ4v) is 1.79. The molecule has 0 spiro atoms. The van der Waals surface area contributed by atoms with Crippen LogP contribution in [0.25, 0.3) is 11.3 Å². The predicted octanol–water partition coefficient (Wildman–Crippen LogP) is 2.09. The standard InChI is InChI=1S/C12H15N3O2/c1-3-7-4-8(11(17)5-10(7)16)12-9(13-2)6-14-15-12/h4-6,13,16-17H,3H2,1-2H3,(H,14,15). The van der Waals surface area contributed by atoms with Crippen LogP contribution in [-0.2, 0) is 6.42 Å². The molecule has 17 heavy (non-hydrogen) atoms. The number of benzene rings is 1. The van der Waals surface area contributed by atoms with Crippen molar-refractivity contribution in [3.8, 4) is 22.8 Å². The molecule has 0 bridgehead atoms. The minimum absolute atomic E-state index is 0.0282. The third kappa shape index (κ3) is 1.91. The normalized spacial score (nSPS) is 10.5. The van der Waals surface area contributed by atoms with Gasteiger partial charge in [0, 0.05) is 18.7 Å². The number of phenolic OH excluding ortho intramolecular Hbond substituents is 2. The average Bonchev–Trinajstić information content (AvgIpc) is 2.77. The Bertz CT molecular complexity index is 535. The lowest BCUT2D eigenvalue weighted by Crippen LogP contribution is -1.91. The molecule has 1 aromatic heterocycles. The molecule has 0 saturated carbocycles. The maximum Gasteiger partial charge on any atom is 0.128 e. The molecule has 5 heteroatoms. The first-order valence-corrected chi connectivity index (χ1v) is 5.43. The van der Waals surface area contributed by atoms with Gasteiger partial charge < -0.3 is 15.5 Å². The summed E-state index contributed by atoms with van der Waals surface area (Å²) < 4.78 is 0. The molecule has 0 fully saturated rings. The van der Waals surface area contributed by atoms with Gasteiger partial charge in [0.2, 0.25) is 0 Å². The van der Waals surface area contributed by atoms with Crippen LogP contribution in [-0.4, -0.2) is 27.5 Å². The van der Waals surface area contributed by atoms with Crippen LogP contribution in [0.5, 0.6) is 11.5 Å². The van der Waals surface area contributed by atoms with Crippen molar-refractivity contribution >= 4 is 5.69 Å². The molecule has 1 heterocycles. The number of hydrogen-bond acceptors (Lipinski definition) is 4. The summed E-state index contributed by atoms with van der Waals surface area (Å²) in [5.41, 5.74) is 2.92. The van der Waals surface area contributed by atoms with Crippen LogP contribution in [0.2, 0.25) is 0 Å². The fraction of sp³-hybridized carbons (Fsp3) is 0.250. The van der Waals surface area contributed by atoms with Gasteiger partial charge in [0.25, 0.3) is 0 Å². The number of aromatic amines is 1. The number of anilines is 1. The number of phenols is 2. The second-order valence-electron chi connectivity index (χ2n) is 3.76. The van der Waals surface area contributed by atoms with Crippen molar-refractivity contribution in [2.45, 2.75) is 13.3 Å². The van der Waals surface area contributed by atoms with Gasteiger partial charge in [-0.3, -0.25) is 5.10 Å². The molecular formula is C12H15N3O2. The molecule has 0 unspecified atom stereocenters. The monoisotopic (exact) mass is 233 g/mol. The van der Waals surface area contributed by atoms with E-state index < -0.39 is 0 Å². The van der Waals surface area contributed by atoms with E-state index in [0.29, 0.717) is 17.7 Å². The van der Waals surface area contributed by atoms with E-state index in [-0.39, 0.29) is 11.5 Å². The van der Waals surface area contributed by atoms with Gasteiger partial charge in [-0.2, -0.15) is 5.10 Å². The Kier molecular flexibility index (Phi) is 2.91. The minimum Gasteiger partial charge on any atom is -0.508 e. The molecule has 2 rings (SSSR count). The van der Waals surface area contributed by atoms with Crippen molar-refractivity contribution in [2.75, 3.05) is 12.4 Å². The molecule has 4 N–H and O–H groups in total. The zero-order valence-corrected chi connectivity index (χ0v) is 9.78. The highest BCUT2D eigenvalue weighted by molar-refractivity contribution is 5.79. The minimum atomic E-state index is 0.0282. The Morgan fingerprint density at radius 3 is 2.71 bits per heavy atom. The molecule has 2 aromatic rings. The second-order valence-corrected chi connectivity index (χ2v) is 3.76. The summed E-state index contributed by atoms with van der Waals surface area (Å²) in [5.74, 6) is 0.139. The summed E-state index contributed by atoms with van der Waals surface area (Å²) in [6, 6.07) is 3.12. The van der Waals surface area contributed by atoms with E-state index in [1.807, 2.05) is 6.92 Å². The van der Waals surface area contributed by atoms with Crippen LogP contribution < -0.4 is 5.32 Å². The lowest BCUT2D eigenvalue weighted by Gasteiger charge is -2.09. The van der Waals surface area contributed by atoms with E-state index in [9.17, 15) is 10.2 Å². The number of H-pyrrole nitrogens is 1. The highest BCUT2D eigenvalue weighted by Gasteiger charge is 2.13.